The molecule has 0 aliphatic heterocycles. The molecule has 0 unspecified atom stereocenters. The predicted molar refractivity (Wildman–Crippen MR) is 73.2 cm³/mol. The molecule has 1 saturated carbocycles. The Bertz CT molecular complexity index is 392. The summed E-state index contributed by atoms with van der Waals surface area (Å²) in [4.78, 5) is 0. The highest BCUT2D eigenvalue weighted by molar-refractivity contribution is 5.28. The molecule has 1 aliphatic rings. The van der Waals surface area contributed by atoms with Crippen molar-refractivity contribution in [2.24, 2.45) is 5.73 Å². The number of hydrogen-bond donors (Lipinski definition) is 2. The second kappa shape index (κ2) is 4.43. The summed E-state index contributed by atoms with van der Waals surface area (Å²) >= 11 is 0. The van der Waals surface area contributed by atoms with Gasteiger partial charge in [0.05, 0.1) is 0 Å². The zero-order valence-corrected chi connectivity index (χ0v) is 11.2. The van der Waals surface area contributed by atoms with E-state index < -0.39 is 0 Å². The Morgan fingerprint density at radius 1 is 1.35 bits per heavy atom. The Morgan fingerprint density at radius 2 is 2.06 bits per heavy atom. The van der Waals surface area contributed by atoms with E-state index in [-0.39, 0.29) is 11.0 Å². The minimum Gasteiger partial charge on any atom is -0.324 e. The molecule has 1 aliphatic carbocycles. The lowest BCUT2D eigenvalue weighted by atomic mass is 9.84. The number of nitrogens with two attached hydrogens (primary N) is 1. The maximum Gasteiger partial charge on any atom is 0.0282 e. The Balaban J connectivity index is 1.93. The largest absolute Gasteiger partial charge is 0.324 e. The molecule has 0 heterocycles. The Morgan fingerprint density at radius 3 is 2.65 bits per heavy atom. The van der Waals surface area contributed by atoms with Crippen LogP contribution in [-0.2, 0) is 5.41 Å². The third kappa shape index (κ3) is 3.30. The maximum absolute atomic E-state index is 6.08. The molecule has 2 heteroatoms. The second-order valence-electron chi connectivity index (χ2n) is 6.22. The minimum atomic E-state index is 0.0999. The highest BCUT2D eigenvalue weighted by Gasteiger charge is 2.37. The molecule has 2 rings (SSSR count). The first-order valence-electron chi connectivity index (χ1n) is 6.48. The zero-order chi connectivity index (χ0) is 12.5. The fourth-order valence-corrected chi connectivity index (χ4v) is 2.13. The monoisotopic (exact) mass is 232 g/mol. The molecule has 0 aromatic heterocycles. The van der Waals surface area contributed by atoms with Crippen LogP contribution in [0.5, 0.6) is 0 Å². The van der Waals surface area contributed by atoms with Crippen LogP contribution in [0.25, 0.3) is 0 Å². The predicted octanol–water partition coefficient (Wildman–Crippen LogP) is 2.35. The van der Waals surface area contributed by atoms with Crippen molar-refractivity contribution in [3.05, 3.63) is 35.4 Å². The van der Waals surface area contributed by atoms with Crippen LogP contribution in [0.3, 0.4) is 0 Å². The van der Waals surface area contributed by atoms with Gasteiger partial charge in [0.2, 0.25) is 0 Å². The summed E-state index contributed by atoms with van der Waals surface area (Å²) in [6, 6.07) is 8.77. The fraction of sp³-hybridized carbons (Fsp3) is 0.600. The summed E-state index contributed by atoms with van der Waals surface area (Å²) in [5.74, 6) is 0. The number of hydrogen-bond acceptors (Lipinski definition) is 2. The van der Waals surface area contributed by atoms with Crippen molar-refractivity contribution < 1.29 is 0 Å². The van der Waals surface area contributed by atoms with Crippen LogP contribution >= 0.6 is 0 Å². The standard InChI is InChI=1S/C15H24N2/c1-12-5-4-6-13(9-12)14(2,3)10-17-11-15(16)7-8-15/h4-6,9,17H,7-8,10-11,16H2,1-3H3. The van der Waals surface area contributed by atoms with Gasteiger partial charge in [-0.3, -0.25) is 0 Å². The van der Waals surface area contributed by atoms with Crippen molar-refractivity contribution in [1.82, 2.24) is 5.32 Å². The van der Waals surface area contributed by atoms with Crippen molar-refractivity contribution in [3.63, 3.8) is 0 Å². The van der Waals surface area contributed by atoms with Crippen molar-refractivity contribution >= 4 is 0 Å². The van der Waals surface area contributed by atoms with E-state index in [1.807, 2.05) is 0 Å². The highest BCUT2D eigenvalue weighted by atomic mass is 15.0. The molecule has 0 spiro atoms. The molecule has 94 valence electrons. The average molecular weight is 232 g/mol. The summed E-state index contributed by atoms with van der Waals surface area (Å²) in [7, 11) is 0. The van der Waals surface area contributed by atoms with Gasteiger partial charge in [-0.05, 0) is 25.3 Å². The highest BCUT2D eigenvalue weighted by Crippen LogP contribution is 2.31. The van der Waals surface area contributed by atoms with Gasteiger partial charge < -0.3 is 11.1 Å². The van der Waals surface area contributed by atoms with Crippen LogP contribution in [0.4, 0.5) is 0 Å². The molecule has 1 fully saturated rings. The smallest absolute Gasteiger partial charge is 0.0282 e. The first-order valence-corrected chi connectivity index (χ1v) is 6.48. The summed E-state index contributed by atoms with van der Waals surface area (Å²) in [6.45, 7) is 8.64. The summed E-state index contributed by atoms with van der Waals surface area (Å²) in [5.41, 5.74) is 9.06. The first kappa shape index (κ1) is 12.6. The van der Waals surface area contributed by atoms with Crippen LogP contribution in [-0.4, -0.2) is 18.6 Å². The minimum absolute atomic E-state index is 0.0999. The van der Waals surface area contributed by atoms with E-state index in [0.717, 1.165) is 13.1 Å². The molecule has 0 saturated heterocycles. The van der Waals surface area contributed by atoms with E-state index >= 15 is 0 Å². The number of nitrogens with one attached hydrogen (secondary N) is 1. The normalized spacial score (nSPS) is 18.1. The SMILES string of the molecule is Cc1cccc(C(C)(C)CNCC2(N)CC2)c1. The maximum atomic E-state index is 6.08. The first-order chi connectivity index (χ1) is 7.91. The van der Waals surface area contributed by atoms with Crippen LogP contribution in [0.2, 0.25) is 0 Å². The molecular formula is C15H24N2. The molecule has 1 aromatic carbocycles. The van der Waals surface area contributed by atoms with E-state index in [2.05, 4.69) is 50.4 Å². The fourth-order valence-electron chi connectivity index (χ4n) is 2.13. The number of aryl methyl sites for hydroxylation is 1. The van der Waals surface area contributed by atoms with Gasteiger partial charge in [-0.2, -0.15) is 0 Å². The van der Waals surface area contributed by atoms with Crippen molar-refractivity contribution in [2.45, 2.75) is 44.6 Å². The quantitative estimate of drug-likeness (QED) is 0.818. The summed E-state index contributed by atoms with van der Waals surface area (Å²) < 4.78 is 0. The molecular weight excluding hydrogens is 208 g/mol. The second-order valence-corrected chi connectivity index (χ2v) is 6.22. The van der Waals surface area contributed by atoms with Gasteiger partial charge in [0.1, 0.15) is 0 Å². The molecule has 17 heavy (non-hydrogen) atoms. The molecule has 1 aromatic rings. The van der Waals surface area contributed by atoms with Gasteiger partial charge in [-0.1, -0.05) is 43.7 Å². The van der Waals surface area contributed by atoms with Gasteiger partial charge in [0.15, 0.2) is 0 Å². The average Bonchev–Trinajstić information content (AvgIpc) is 2.96. The Hall–Kier alpha value is -0.860. The van der Waals surface area contributed by atoms with Gasteiger partial charge >= 0.3 is 0 Å². The van der Waals surface area contributed by atoms with Gasteiger partial charge in [-0.25, -0.2) is 0 Å². The Kier molecular flexibility index (Phi) is 3.28. The van der Waals surface area contributed by atoms with Crippen molar-refractivity contribution in [1.29, 1.82) is 0 Å². The molecule has 0 radical (unpaired) electrons. The molecule has 3 N–H and O–H groups in total. The third-order valence-electron chi connectivity index (χ3n) is 3.74. The van der Waals surface area contributed by atoms with Crippen LogP contribution in [0.15, 0.2) is 24.3 Å². The van der Waals surface area contributed by atoms with E-state index in [1.54, 1.807) is 0 Å². The van der Waals surface area contributed by atoms with E-state index in [9.17, 15) is 0 Å². The van der Waals surface area contributed by atoms with Crippen LogP contribution < -0.4 is 11.1 Å². The molecule has 0 atom stereocenters. The number of benzene rings is 1. The van der Waals surface area contributed by atoms with E-state index in [4.69, 9.17) is 5.73 Å². The van der Waals surface area contributed by atoms with Gasteiger partial charge in [-0.15, -0.1) is 0 Å². The summed E-state index contributed by atoms with van der Waals surface area (Å²) in [6.07, 6.45) is 2.34. The third-order valence-corrected chi connectivity index (χ3v) is 3.74. The van der Waals surface area contributed by atoms with Gasteiger partial charge in [0, 0.05) is 24.0 Å². The Labute approximate surface area is 105 Å². The lowest BCUT2D eigenvalue weighted by Crippen LogP contribution is -2.41. The van der Waals surface area contributed by atoms with Crippen LogP contribution in [0, 0.1) is 6.92 Å². The zero-order valence-electron chi connectivity index (χ0n) is 11.2. The lowest BCUT2D eigenvalue weighted by molar-refractivity contribution is 0.448. The van der Waals surface area contributed by atoms with Crippen LogP contribution in [0.1, 0.15) is 37.8 Å². The van der Waals surface area contributed by atoms with E-state index in [1.165, 1.54) is 24.0 Å². The number of rotatable bonds is 5. The summed E-state index contributed by atoms with van der Waals surface area (Å²) in [5, 5.41) is 3.52. The van der Waals surface area contributed by atoms with Crippen molar-refractivity contribution in [3.8, 4) is 0 Å². The van der Waals surface area contributed by atoms with E-state index in [0.29, 0.717) is 0 Å². The van der Waals surface area contributed by atoms with Gasteiger partial charge in [0.25, 0.3) is 0 Å². The topological polar surface area (TPSA) is 38.0 Å². The molecule has 2 nitrogen and oxygen atoms in total. The van der Waals surface area contributed by atoms with Crippen molar-refractivity contribution in [2.75, 3.05) is 13.1 Å². The molecule has 0 bridgehead atoms. The lowest BCUT2D eigenvalue weighted by Gasteiger charge is -2.27. The molecule has 0 amide bonds.